The number of fused-ring (bicyclic) bond motifs is 1. The van der Waals surface area contributed by atoms with Crippen LogP contribution in [0.1, 0.15) is 39.0 Å². The molecule has 2 aromatic rings. The van der Waals surface area contributed by atoms with Crippen molar-refractivity contribution in [2.75, 3.05) is 5.32 Å². The Morgan fingerprint density at radius 3 is 2.84 bits per heavy atom. The minimum atomic E-state index is -0.215. The van der Waals surface area contributed by atoms with Crippen LogP contribution in [0.2, 0.25) is 0 Å². The van der Waals surface area contributed by atoms with Crippen molar-refractivity contribution < 1.29 is 4.39 Å². The molecule has 1 N–H and O–H groups in total. The second-order valence-electron chi connectivity index (χ2n) is 5.40. The summed E-state index contributed by atoms with van der Waals surface area (Å²) in [5, 5.41) is 4.45. The molecule has 1 aromatic heterocycles. The second kappa shape index (κ2) is 5.45. The number of halogens is 1. The standard InChI is InChI=1S/C15H19FN2S/c1-2-10-3-6-12(7-4-10)17-15-18-13-9-11(16)5-8-14(13)19-15/h5,8-10,12H,2-4,6-7H2,1H3,(H,17,18). The van der Waals surface area contributed by atoms with Gasteiger partial charge in [-0.1, -0.05) is 24.7 Å². The summed E-state index contributed by atoms with van der Waals surface area (Å²) in [6, 6.07) is 5.34. The number of aromatic nitrogens is 1. The predicted molar refractivity (Wildman–Crippen MR) is 79.2 cm³/mol. The summed E-state index contributed by atoms with van der Waals surface area (Å²) < 4.78 is 14.2. The fraction of sp³-hybridized carbons (Fsp3) is 0.533. The highest BCUT2D eigenvalue weighted by molar-refractivity contribution is 7.22. The summed E-state index contributed by atoms with van der Waals surface area (Å²) in [4.78, 5) is 4.47. The minimum Gasteiger partial charge on any atom is -0.359 e. The maximum Gasteiger partial charge on any atom is 0.184 e. The van der Waals surface area contributed by atoms with Crippen LogP contribution in [-0.2, 0) is 0 Å². The van der Waals surface area contributed by atoms with Gasteiger partial charge in [-0.15, -0.1) is 0 Å². The van der Waals surface area contributed by atoms with Gasteiger partial charge in [-0.3, -0.25) is 0 Å². The molecule has 2 nitrogen and oxygen atoms in total. The number of rotatable bonds is 3. The molecule has 1 aromatic carbocycles. The zero-order chi connectivity index (χ0) is 13.2. The number of benzene rings is 1. The van der Waals surface area contributed by atoms with Crippen molar-refractivity contribution in [3.8, 4) is 0 Å². The van der Waals surface area contributed by atoms with Crippen LogP contribution in [0.25, 0.3) is 10.2 Å². The number of hydrogen-bond acceptors (Lipinski definition) is 3. The number of nitrogens with zero attached hydrogens (tertiary/aromatic N) is 1. The molecule has 1 saturated carbocycles. The number of anilines is 1. The first-order chi connectivity index (χ1) is 9.24. The molecule has 3 rings (SSSR count). The Kier molecular flexibility index (Phi) is 3.69. The summed E-state index contributed by atoms with van der Waals surface area (Å²) in [6.07, 6.45) is 6.38. The van der Waals surface area contributed by atoms with Crippen molar-refractivity contribution in [1.82, 2.24) is 4.98 Å². The van der Waals surface area contributed by atoms with E-state index in [4.69, 9.17) is 0 Å². The van der Waals surface area contributed by atoms with Gasteiger partial charge >= 0.3 is 0 Å². The molecule has 0 aliphatic heterocycles. The van der Waals surface area contributed by atoms with Crippen molar-refractivity contribution in [2.24, 2.45) is 5.92 Å². The molecule has 1 heterocycles. The van der Waals surface area contributed by atoms with Gasteiger partial charge in [0.05, 0.1) is 10.2 Å². The van der Waals surface area contributed by atoms with Gasteiger partial charge in [-0.05, 0) is 43.7 Å². The van der Waals surface area contributed by atoms with Gasteiger partial charge in [0.2, 0.25) is 0 Å². The van der Waals surface area contributed by atoms with Crippen LogP contribution in [0.3, 0.4) is 0 Å². The van der Waals surface area contributed by atoms with E-state index in [0.717, 1.165) is 21.3 Å². The Hall–Kier alpha value is -1.16. The van der Waals surface area contributed by atoms with Crippen molar-refractivity contribution in [3.05, 3.63) is 24.0 Å². The third kappa shape index (κ3) is 2.89. The molecule has 0 atom stereocenters. The van der Waals surface area contributed by atoms with E-state index < -0.39 is 0 Å². The zero-order valence-electron chi connectivity index (χ0n) is 11.2. The average Bonchev–Trinajstić information content (AvgIpc) is 2.81. The number of hydrogen-bond donors (Lipinski definition) is 1. The SMILES string of the molecule is CCC1CCC(Nc2nc3cc(F)ccc3s2)CC1. The molecule has 0 bridgehead atoms. The van der Waals surface area contributed by atoms with E-state index in [1.807, 2.05) is 6.07 Å². The molecule has 1 aliphatic rings. The lowest BCUT2D eigenvalue weighted by molar-refractivity contribution is 0.330. The van der Waals surface area contributed by atoms with Crippen molar-refractivity contribution in [2.45, 2.75) is 45.1 Å². The van der Waals surface area contributed by atoms with Crippen LogP contribution >= 0.6 is 11.3 Å². The Morgan fingerprint density at radius 2 is 2.11 bits per heavy atom. The van der Waals surface area contributed by atoms with E-state index in [0.29, 0.717) is 6.04 Å². The highest BCUT2D eigenvalue weighted by Gasteiger charge is 2.20. The highest BCUT2D eigenvalue weighted by atomic mass is 32.1. The maximum absolute atomic E-state index is 13.1. The molecule has 19 heavy (non-hydrogen) atoms. The summed E-state index contributed by atoms with van der Waals surface area (Å²) in [5.74, 6) is 0.690. The fourth-order valence-corrected chi connectivity index (χ4v) is 3.78. The Balaban J connectivity index is 1.68. The molecule has 1 fully saturated rings. The third-order valence-electron chi connectivity index (χ3n) is 4.10. The molecule has 0 radical (unpaired) electrons. The first kappa shape index (κ1) is 12.9. The van der Waals surface area contributed by atoms with Crippen molar-refractivity contribution >= 4 is 26.7 Å². The van der Waals surface area contributed by atoms with E-state index in [-0.39, 0.29) is 5.82 Å². The lowest BCUT2D eigenvalue weighted by Crippen LogP contribution is -2.25. The van der Waals surface area contributed by atoms with Crippen LogP contribution < -0.4 is 5.32 Å². The summed E-state index contributed by atoms with van der Waals surface area (Å²) in [5.41, 5.74) is 0.759. The normalized spacial score (nSPS) is 23.7. The predicted octanol–water partition coefficient (Wildman–Crippen LogP) is 4.82. The van der Waals surface area contributed by atoms with Crippen molar-refractivity contribution in [1.29, 1.82) is 0 Å². The molecular formula is C15H19FN2S. The van der Waals surface area contributed by atoms with Crippen LogP contribution in [0.4, 0.5) is 9.52 Å². The van der Waals surface area contributed by atoms with Crippen molar-refractivity contribution in [3.63, 3.8) is 0 Å². The fourth-order valence-electron chi connectivity index (χ4n) is 2.85. The third-order valence-corrected chi connectivity index (χ3v) is 5.07. The smallest absolute Gasteiger partial charge is 0.184 e. The van der Waals surface area contributed by atoms with E-state index >= 15 is 0 Å². The largest absolute Gasteiger partial charge is 0.359 e. The lowest BCUT2D eigenvalue weighted by Gasteiger charge is -2.28. The lowest BCUT2D eigenvalue weighted by atomic mass is 9.85. The van der Waals surface area contributed by atoms with E-state index in [9.17, 15) is 4.39 Å². The first-order valence-corrected chi connectivity index (χ1v) is 7.89. The number of thiazole rings is 1. The molecule has 0 amide bonds. The first-order valence-electron chi connectivity index (χ1n) is 7.07. The topological polar surface area (TPSA) is 24.9 Å². The van der Waals surface area contributed by atoms with Gasteiger partial charge < -0.3 is 5.32 Å². The van der Waals surface area contributed by atoms with Gasteiger partial charge in [-0.2, -0.15) is 0 Å². The summed E-state index contributed by atoms with van der Waals surface area (Å²) >= 11 is 1.62. The second-order valence-corrected chi connectivity index (χ2v) is 6.43. The van der Waals surface area contributed by atoms with E-state index in [1.165, 1.54) is 44.2 Å². The molecule has 1 aliphatic carbocycles. The van der Waals surface area contributed by atoms with Gasteiger partial charge in [0, 0.05) is 12.1 Å². The van der Waals surface area contributed by atoms with Gasteiger partial charge in [-0.25, -0.2) is 9.37 Å². The Morgan fingerprint density at radius 1 is 1.32 bits per heavy atom. The quantitative estimate of drug-likeness (QED) is 0.871. The molecule has 4 heteroatoms. The zero-order valence-corrected chi connectivity index (χ0v) is 12.0. The monoisotopic (exact) mass is 278 g/mol. The van der Waals surface area contributed by atoms with Crippen LogP contribution in [0.5, 0.6) is 0 Å². The Labute approximate surface area is 117 Å². The average molecular weight is 278 g/mol. The minimum absolute atomic E-state index is 0.215. The van der Waals surface area contributed by atoms with Crippen LogP contribution in [0, 0.1) is 11.7 Å². The summed E-state index contributed by atoms with van der Waals surface area (Å²) in [6.45, 7) is 2.28. The van der Waals surface area contributed by atoms with Crippen LogP contribution in [0.15, 0.2) is 18.2 Å². The molecule has 0 saturated heterocycles. The molecule has 102 valence electrons. The maximum atomic E-state index is 13.1. The van der Waals surface area contributed by atoms with E-state index in [2.05, 4.69) is 17.2 Å². The van der Waals surface area contributed by atoms with E-state index in [1.54, 1.807) is 11.3 Å². The van der Waals surface area contributed by atoms with Crippen LogP contribution in [-0.4, -0.2) is 11.0 Å². The highest BCUT2D eigenvalue weighted by Crippen LogP contribution is 2.31. The van der Waals surface area contributed by atoms with Gasteiger partial charge in [0.25, 0.3) is 0 Å². The van der Waals surface area contributed by atoms with Gasteiger partial charge in [0.15, 0.2) is 5.13 Å². The number of nitrogens with one attached hydrogen (secondary N) is 1. The molecular weight excluding hydrogens is 259 g/mol. The van der Waals surface area contributed by atoms with Gasteiger partial charge in [0.1, 0.15) is 5.82 Å². The molecule has 0 spiro atoms. The molecule has 0 unspecified atom stereocenters. The Bertz CT molecular complexity index is 558. The summed E-state index contributed by atoms with van der Waals surface area (Å²) in [7, 11) is 0.